The quantitative estimate of drug-likeness (QED) is 0.377. The van der Waals surface area contributed by atoms with Crippen molar-refractivity contribution in [2.24, 2.45) is 0 Å². The highest BCUT2D eigenvalue weighted by Crippen LogP contribution is 2.36. The molecule has 174 valence electrons. The fourth-order valence-electron chi connectivity index (χ4n) is 3.87. The van der Waals surface area contributed by atoms with E-state index in [1.165, 1.54) is 22.5 Å². The lowest BCUT2D eigenvalue weighted by atomic mass is 10.2. The zero-order valence-electron chi connectivity index (χ0n) is 18.3. The van der Waals surface area contributed by atoms with Crippen molar-refractivity contribution >= 4 is 45.9 Å². The number of amides is 1. The van der Waals surface area contributed by atoms with Crippen LogP contribution in [0.25, 0.3) is 11.7 Å². The van der Waals surface area contributed by atoms with Gasteiger partial charge in [-0.05, 0) is 43.2 Å². The van der Waals surface area contributed by atoms with Crippen LogP contribution in [0.3, 0.4) is 0 Å². The number of carbonyl (C=O) groups excluding carboxylic acids is 1. The minimum atomic E-state index is -0.361. The van der Waals surface area contributed by atoms with Gasteiger partial charge >= 0.3 is 0 Å². The van der Waals surface area contributed by atoms with E-state index < -0.39 is 0 Å². The Morgan fingerprint density at radius 3 is 2.76 bits per heavy atom. The number of methoxy groups -OCH3 is 1. The first-order valence-corrected chi connectivity index (χ1v) is 12.0. The summed E-state index contributed by atoms with van der Waals surface area (Å²) in [6, 6.07) is 12.3. The van der Waals surface area contributed by atoms with Crippen LogP contribution in [0.15, 0.2) is 58.4 Å². The van der Waals surface area contributed by atoms with Crippen LogP contribution in [0.2, 0.25) is 0 Å². The summed E-state index contributed by atoms with van der Waals surface area (Å²) in [6.45, 7) is 1.10. The van der Waals surface area contributed by atoms with E-state index in [1.54, 1.807) is 42.6 Å². The number of hydrogen-bond donors (Lipinski definition) is 0. The van der Waals surface area contributed by atoms with E-state index in [0.29, 0.717) is 39.5 Å². The summed E-state index contributed by atoms with van der Waals surface area (Å²) in [7, 11) is 1.53. The molecule has 5 rings (SSSR count). The van der Waals surface area contributed by atoms with Crippen LogP contribution in [0, 0.1) is 0 Å². The van der Waals surface area contributed by atoms with Crippen LogP contribution in [0.1, 0.15) is 18.4 Å². The van der Waals surface area contributed by atoms with Crippen molar-refractivity contribution in [3.8, 4) is 17.4 Å². The van der Waals surface area contributed by atoms with Gasteiger partial charge in [-0.2, -0.15) is 4.98 Å². The SMILES string of the molecule is COc1ccccc1Oc1nc2ccccn2c(=O)c1/C=C1/SC(=S)N(CC2CCCO2)C1=O. The van der Waals surface area contributed by atoms with Crippen LogP contribution in [0.4, 0.5) is 0 Å². The zero-order chi connectivity index (χ0) is 23.7. The first-order chi connectivity index (χ1) is 16.5. The lowest BCUT2D eigenvalue weighted by molar-refractivity contribution is -0.123. The standard InChI is InChI=1S/C24H21N3O5S2/c1-30-17-8-2-3-9-18(17)32-21-16(22(28)26-11-5-4-10-20(26)25-21)13-19-23(29)27(24(33)34-19)14-15-7-6-12-31-15/h2-5,8-11,13,15H,6-7,12,14H2,1H3/b19-13+. The normalized spacial score (nSPS) is 19.4. The molecular weight excluding hydrogens is 474 g/mol. The van der Waals surface area contributed by atoms with Crippen LogP contribution in [-0.2, 0) is 9.53 Å². The number of para-hydroxylation sites is 2. The van der Waals surface area contributed by atoms with Gasteiger partial charge in [-0.15, -0.1) is 0 Å². The molecule has 34 heavy (non-hydrogen) atoms. The molecule has 10 heteroatoms. The van der Waals surface area contributed by atoms with E-state index >= 15 is 0 Å². The number of rotatable bonds is 6. The summed E-state index contributed by atoms with van der Waals surface area (Å²) in [5, 5.41) is 0. The number of ether oxygens (including phenoxy) is 3. The topological polar surface area (TPSA) is 82.4 Å². The second-order valence-corrected chi connectivity index (χ2v) is 9.42. The fourth-order valence-corrected chi connectivity index (χ4v) is 5.13. The zero-order valence-corrected chi connectivity index (χ0v) is 19.9. The molecule has 0 spiro atoms. The molecule has 1 atom stereocenters. The number of hydrogen-bond acceptors (Lipinski definition) is 8. The number of aromatic nitrogens is 2. The molecule has 2 aromatic heterocycles. The van der Waals surface area contributed by atoms with Gasteiger partial charge in [0.2, 0.25) is 5.88 Å². The number of carbonyl (C=O) groups is 1. The summed E-state index contributed by atoms with van der Waals surface area (Å²) in [4.78, 5) is 33.0. The highest BCUT2D eigenvalue weighted by Gasteiger charge is 2.35. The maximum absolute atomic E-state index is 13.4. The molecule has 0 bridgehead atoms. The highest BCUT2D eigenvalue weighted by atomic mass is 32.2. The molecule has 0 saturated carbocycles. The number of nitrogens with zero attached hydrogens (tertiary/aromatic N) is 3. The Bertz CT molecular complexity index is 1360. The monoisotopic (exact) mass is 495 g/mol. The van der Waals surface area contributed by atoms with Gasteiger partial charge in [-0.3, -0.25) is 18.9 Å². The minimum absolute atomic E-state index is 0.0285. The summed E-state index contributed by atoms with van der Waals surface area (Å²) < 4.78 is 18.9. The molecule has 2 saturated heterocycles. The molecule has 2 aliphatic rings. The Hall–Kier alpha value is -3.21. The van der Waals surface area contributed by atoms with E-state index in [-0.39, 0.29) is 29.0 Å². The van der Waals surface area contributed by atoms with Gasteiger partial charge < -0.3 is 14.2 Å². The molecule has 8 nitrogen and oxygen atoms in total. The second-order valence-electron chi connectivity index (χ2n) is 7.74. The Morgan fingerprint density at radius 1 is 1.21 bits per heavy atom. The molecule has 1 aromatic carbocycles. The first-order valence-electron chi connectivity index (χ1n) is 10.7. The molecule has 4 heterocycles. The van der Waals surface area contributed by atoms with Crippen molar-refractivity contribution in [3.63, 3.8) is 0 Å². The number of benzene rings is 1. The molecule has 0 aliphatic carbocycles. The number of thioether (sulfide) groups is 1. The maximum Gasteiger partial charge on any atom is 0.269 e. The van der Waals surface area contributed by atoms with E-state index in [9.17, 15) is 9.59 Å². The third kappa shape index (κ3) is 4.31. The van der Waals surface area contributed by atoms with Gasteiger partial charge in [0.1, 0.15) is 15.5 Å². The maximum atomic E-state index is 13.4. The summed E-state index contributed by atoms with van der Waals surface area (Å²) >= 11 is 6.60. The van der Waals surface area contributed by atoms with Crippen molar-refractivity contribution in [1.82, 2.24) is 14.3 Å². The molecule has 2 fully saturated rings. The third-order valence-corrected chi connectivity index (χ3v) is 6.95. The van der Waals surface area contributed by atoms with Crippen LogP contribution in [0.5, 0.6) is 17.4 Å². The summed E-state index contributed by atoms with van der Waals surface area (Å²) in [6.07, 6.45) is 4.96. The Labute approximate surface area is 205 Å². The molecule has 1 unspecified atom stereocenters. The van der Waals surface area contributed by atoms with Gasteiger partial charge in [0.05, 0.1) is 24.7 Å². The predicted octanol–water partition coefficient (Wildman–Crippen LogP) is 3.88. The van der Waals surface area contributed by atoms with E-state index in [4.69, 9.17) is 26.4 Å². The third-order valence-electron chi connectivity index (χ3n) is 5.57. The van der Waals surface area contributed by atoms with Gasteiger partial charge in [-0.25, -0.2) is 0 Å². The molecule has 1 amide bonds. The lowest BCUT2D eigenvalue weighted by Crippen LogP contribution is -2.35. The summed E-state index contributed by atoms with van der Waals surface area (Å²) in [5.74, 6) is 0.709. The summed E-state index contributed by atoms with van der Waals surface area (Å²) in [5.41, 5.74) is 0.201. The number of fused-ring (bicyclic) bond motifs is 1. The van der Waals surface area contributed by atoms with Crippen molar-refractivity contribution in [2.45, 2.75) is 18.9 Å². The smallest absolute Gasteiger partial charge is 0.269 e. The molecule has 3 aromatic rings. The Morgan fingerprint density at radius 2 is 2.00 bits per heavy atom. The predicted molar refractivity (Wildman–Crippen MR) is 133 cm³/mol. The van der Waals surface area contributed by atoms with Gasteiger partial charge in [0, 0.05) is 12.8 Å². The number of thiocarbonyl (C=S) groups is 1. The second kappa shape index (κ2) is 9.57. The Balaban J connectivity index is 1.57. The van der Waals surface area contributed by atoms with Crippen molar-refractivity contribution < 1.29 is 19.0 Å². The van der Waals surface area contributed by atoms with E-state index in [1.807, 2.05) is 6.07 Å². The highest BCUT2D eigenvalue weighted by molar-refractivity contribution is 8.26. The molecular formula is C24H21N3O5S2. The van der Waals surface area contributed by atoms with Crippen molar-refractivity contribution in [2.75, 3.05) is 20.3 Å². The van der Waals surface area contributed by atoms with E-state index in [0.717, 1.165) is 24.6 Å². The Kier molecular flexibility index (Phi) is 6.36. The lowest BCUT2D eigenvalue weighted by Gasteiger charge is -2.18. The largest absolute Gasteiger partial charge is 0.493 e. The van der Waals surface area contributed by atoms with Crippen LogP contribution in [-0.4, -0.2) is 50.9 Å². The molecule has 2 aliphatic heterocycles. The first kappa shape index (κ1) is 22.6. The minimum Gasteiger partial charge on any atom is -0.493 e. The van der Waals surface area contributed by atoms with Gasteiger partial charge in [-0.1, -0.05) is 42.2 Å². The van der Waals surface area contributed by atoms with Crippen LogP contribution < -0.4 is 15.0 Å². The number of pyridine rings is 1. The van der Waals surface area contributed by atoms with Gasteiger partial charge in [0.25, 0.3) is 11.5 Å². The molecule has 0 N–H and O–H groups in total. The average molecular weight is 496 g/mol. The van der Waals surface area contributed by atoms with Crippen molar-refractivity contribution in [1.29, 1.82) is 0 Å². The molecule has 0 radical (unpaired) electrons. The van der Waals surface area contributed by atoms with Crippen molar-refractivity contribution in [3.05, 3.63) is 69.5 Å². The van der Waals surface area contributed by atoms with Crippen LogP contribution >= 0.6 is 24.0 Å². The van der Waals surface area contributed by atoms with Gasteiger partial charge in [0.15, 0.2) is 11.5 Å². The fraction of sp³-hybridized carbons (Fsp3) is 0.250. The van der Waals surface area contributed by atoms with E-state index in [2.05, 4.69) is 4.98 Å². The average Bonchev–Trinajstić information content (AvgIpc) is 3.46.